The van der Waals surface area contributed by atoms with Crippen LogP contribution in [0.4, 0.5) is 0 Å². The Balaban J connectivity index is 1.62. The van der Waals surface area contributed by atoms with E-state index < -0.39 is 0 Å². The van der Waals surface area contributed by atoms with Gasteiger partial charge in [0.25, 0.3) is 5.91 Å². The minimum Gasteiger partial charge on any atom is -0.486 e. The predicted molar refractivity (Wildman–Crippen MR) is 85.1 cm³/mol. The van der Waals surface area contributed by atoms with Crippen LogP contribution >= 0.6 is 23.2 Å². The first-order chi connectivity index (χ1) is 10.6. The third-order valence-electron chi connectivity index (χ3n) is 3.25. The first kappa shape index (κ1) is 15.0. The van der Waals surface area contributed by atoms with E-state index in [0.29, 0.717) is 35.2 Å². The molecular weight excluding hydrogens is 325 g/mol. The largest absolute Gasteiger partial charge is 0.486 e. The Morgan fingerprint density at radius 3 is 2.73 bits per heavy atom. The van der Waals surface area contributed by atoms with Crippen LogP contribution in [0.25, 0.3) is 0 Å². The maximum atomic E-state index is 12.2. The Morgan fingerprint density at radius 2 is 1.91 bits per heavy atom. The highest BCUT2D eigenvalue weighted by molar-refractivity contribution is 6.43. The van der Waals surface area contributed by atoms with Gasteiger partial charge in [-0.15, -0.1) is 0 Å². The van der Waals surface area contributed by atoms with E-state index in [0.717, 1.165) is 0 Å². The van der Waals surface area contributed by atoms with Crippen LogP contribution in [0.1, 0.15) is 10.4 Å². The van der Waals surface area contributed by atoms with Crippen molar-refractivity contribution in [1.29, 1.82) is 0 Å². The molecule has 0 saturated carbocycles. The van der Waals surface area contributed by atoms with Gasteiger partial charge in [-0.3, -0.25) is 4.79 Å². The molecule has 0 aromatic heterocycles. The fourth-order valence-corrected chi connectivity index (χ4v) is 2.53. The molecule has 1 aliphatic heterocycles. The number of fused-ring (bicyclic) bond motifs is 1. The van der Waals surface area contributed by atoms with Crippen LogP contribution in [-0.4, -0.2) is 25.2 Å². The van der Waals surface area contributed by atoms with Crippen LogP contribution in [-0.2, 0) is 0 Å². The molecule has 0 fully saturated rings. The summed E-state index contributed by atoms with van der Waals surface area (Å²) in [5.74, 6) is 1.09. The van der Waals surface area contributed by atoms with Crippen LogP contribution in [0.3, 0.4) is 0 Å². The Labute approximate surface area is 137 Å². The molecular formula is C16H13Cl2NO3. The number of halogens is 2. The first-order valence-corrected chi connectivity index (χ1v) is 7.51. The maximum absolute atomic E-state index is 12.2. The topological polar surface area (TPSA) is 47.6 Å². The highest BCUT2D eigenvalue weighted by atomic mass is 35.5. The zero-order chi connectivity index (χ0) is 15.5. The molecule has 1 heterocycles. The summed E-state index contributed by atoms with van der Waals surface area (Å²) in [4.78, 5) is 12.2. The number of carbonyl (C=O) groups is 1. The molecule has 1 amide bonds. The molecule has 0 radical (unpaired) electrons. The van der Waals surface area contributed by atoms with Gasteiger partial charge in [0, 0.05) is 0 Å². The number of carbonyl (C=O) groups excluding carboxylic acids is 1. The van der Waals surface area contributed by atoms with Crippen molar-refractivity contribution in [2.45, 2.75) is 6.10 Å². The Kier molecular flexibility index (Phi) is 4.41. The molecule has 0 spiro atoms. The van der Waals surface area contributed by atoms with E-state index in [9.17, 15) is 4.79 Å². The van der Waals surface area contributed by atoms with Crippen LogP contribution in [0.2, 0.25) is 10.0 Å². The van der Waals surface area contributed by atoms with Crippen molar-refractivity contribution in [2.75, 3.05) is 13.2 Å². The predicted octanol–water partition coefficient (Wildman–Crippen LogP) is 3.56. The quantitative estimate of drug-likeness (QED) is 0.931. The maximum Gasteiger partial charge on any atom is 0.252 e. The van der Waals surface area contributed by atoms with Crippen LogP contribution in [0, 0.1) is 0 Å². The van der Waals surface area contributed by atoms with Crippen molar-refractivity contribution in [1.82, 2.24) is 5.32 Å². The third-order valence-corrected chi connectivity index (χ3v) is 4.07. The van der Waals surface area contributed by atoms with E-state index >= 15 is 0 Å². The van der Waals surface area contributed by atoms with E-state index in [2.05, 4.69) is 5.32 Å². The minimum atomic E-state index is -0.296. The second-order valence-electron chi connectivity index (χ2n) is 4.81. The van der Waals surface area contributed by atoms with Crippen molar-refractivity contribution in [3.63, 3.8) is 0 Å². The number of benzene rings is 2. The summed E-state index contributed by atoms with van der Waals surface area (Å²) in [7, 11) is 0. The van der Waals surface area contributed by atoms with Gasteiger partial charge in [-0.1, -0.05) is 41.4 Å². The average molecular weight is 338 g/mol. The Hall–Kier alpha value is -1.91. The monoisotopic (exact) mass is 337 g/mol. The fourth-order valence-electron chi connectivity index (χ4n) is 2.14. The number of hydrogen-bond donors (Lipinski definition) is 1. The fraction of sp³-hybridized carbons (Fsp3) is 0.188. The zero-order valence-corrected chi connectivity index (χ0v) is 13.0. The highest BCUT2D eigenvalue weighted by Gasteiger charge is 2.22. The summed E-state index contributed by atoms with van der Waals surface area (Å²) in [6.07, 6.45) is -0.253. The molecule has 3 rings (SSSR count). The molecule has 2 aromatic carbocycles. The molecule has 1 unspecified atom stereocenters. The summed E-state index contributed by atoms with van der Waals surface area (Å²) in [6.45, 7) is 0.691. The third kappa shape index (κ3) is 3.13. The number of para-hydroxylation sites is 2. The number of rotatable bonds is 3. The summed E-state index contributed by atoms with van der Waals surface area (Å²) < 4.78 is 11.4. The van der Waals surface area contributed by atoms with Gasteiger partial charge in [0.15, 0.2) is 11.5 Å². The normalized spacial score (nSPS) is 16.2. The van der Waals surface area contributed by atoms with Gasteiger partial charge < -0.3 is 14.8 Å². The molecule has 0 saturated heterocycles. The lowest BCUT2D eigenvalue weighted by Crippen LogP contribution is -2.40. The van der Waals surface area contributed by atoms with Gasteiger partial charge in [0.05, 0.1) is 22.2 Å². The summed E-state index contributed by atoms with van der Waals surface area (Å²) in [5.41, 5.74) is 0.339. The molecule has 2 aromatic rings. The van der Waals surface area contributed by atoms with E-state index in [1.807, 2.05) is 24.3 Å². The van der Waals surface area contributed by atoms with Crippen molar-refractivity contribution in [2.24, 2.45) is 0 Å². The van der Waals surface area contributed by atoms with E-state index in [1.54, 1.807) is 18.2 Å². The average Bonchev–Trinajstić information content (AvgIpc) is 2.55. The van der Waals surface area contributed by atoms with Crippen molar-refractivity contribution in [3.05, 3.63) is 58.1 Å². The van der Waals surface area contributed by atoms with Crippen molar-refractivity contribution < 1.29 is 14.3 Å². The van der Waals surface area contributed by atoms with E-state index in [-0.39, 0.29) is 17.0 Å². The highest BCUT2D eigenvalue weighted by Crippen LogP contribution is 2.30. The second-order valence-corrected chi connectivity index (χ2v) is 5.59. The molecule has 1 atom stereocenters. The number of hydrogen-bond acceptors (Lipinski definition) is 3. The van der Waals surface area contributed by atoms with Crippen LogP contribution in [0.15, 0.2) is 42.5 Å². The molecule has 6 heteroatoms. The molecule has 114 valence electrons. The standard InChI is InChI=1S/C16H13Cl2NO3/c17-12-5-3-4-11(15(12)18)16(20)19-8-10-9-21-13-6-1-2-7-14(13)22-10/h1-7,10H,8-9H2,(H,19,20). The van der Waals surface area contributed by atoms with Gasteiger partial charge >= 0.3 is 0 Å². The Bertz CT molecular complexity index is 706. The lowest BCUT2D eigenvalue weighted by molar-refractivity contribution is 0.0789. The van der Waals surface area contributed by atoms with Gasteiger partial charge in [0.1, 0.15) is 12.7 Å². The van der Waals surface area contributed by atoms with Gasteiger partial charge in [-0.2, -0.15) is 0 Å². The SMILES string of the molecule is O=C(NCC1COc2ccccc2O1)c1cccc(Cl)c1Cl. The Morgan fingerprint density at radius 1 is 1.14 bits per heavy atom. The lowest BCUT2D eigenvalue weighted by atomic mass is 10.2. The second kappa shape index (κ2) is 6.46. The van der Waals surface area contributed by atoms with Gasteiger partial charge in [0.2, 0.25) is 0 Å². The zero-order valence-electron chi connectivity index (χ0n) is 11.5. The molecule has 1 aliphatic rings. The number of nitrogens with one attached hydrogen (secondary N) is 1. The van der Waals surface area contributed by atoms with Crippen molar-refractivity contribution in [3.8, 4) is 11.5 Å². The first-order valence-electron chi connectivity index (χ1n) is 6.76. The van der Waals surface area contributed by atoms with Crippen molar-refractivity contribution >= 4 is 29.1 Å². The lowest BCUT2D eigenvalue weighted by Gasteiger charge is -2.26. The molecule has 0 aliphatic carbocycles. The van der Waals surface area contributed by atoms with E-state index in [1.165, 1.54) is 0 Å². The number of ether oxygens (including phenoxy) is 2. The number of amides is 1. The van der Waals surface area contributed by atoms with Gasteiger partial charge in [-0.25, -0.2) is 0 Å². The minimum absolute atomic E-state index is 0.243. The molecule has 22 heavy (non-hydrogen) atoms. The van der Waals surface area contributed by atoms with E-state index in [4.69, 9.17) is 32.7 Å². The summed E-state index contributed by atoms with van der Waals surface area (Å²) in [5, 5.41) is 3.37. The van der Waals surface area contributed by atoms with Crippen LogP contribution in [0.5, 0.6) is 11.5 Å². The van der Waals surface area contributed by atoms with Gasteiger partial charge in [-0.05, 0) is 24.3 Å². The molecule has 0 bridgehead atoms. The summed E-state index contributed by atoms with van der Waals surface area (Å²) in [6, 6.07) is 12.4. The molecule has 1 N–H and O–H groups in total. The van der Waals surface area contributed by atoms with Crippen LogP contribution < -0.4 is 14.8 Å². The smallest absolute Gasteiger partial charge is 0.252 e. The summed E-state index contributed by atoms with van der Waals surface area (Å²) >= 11 is 11.9. The molecule has 4 nitrogen and oxygen atoms in total.